The Bertz CT molecular complexity index is 419. The molecule has 0 spiro atoms. The summed E-state index contributed by atoms with van der Waals surface area (Å²) in [6.07, 6.45) is 5.54. The van der Waals surface area contributed by atoms with E-state index in [4.69, 9.17) is 5.73 Å². The van der Waals surface area contributed by atoms with E-state index in [0.717, 1.165) is 24.1 Å². The summed E-state index contributed by atoms with van der Waals surface area (Å²) in [4.78, 5) is 11.8. The van der Waals surface area contributed by atoms with Crippen LogP contribution in [0, 0.1) is 5.92 Å². The second kappa shape index (κ2) is 7.62. The molecule has 0 heterocycles. The third-order valence-electron chi connectivity index (χ3n) is 3.49. The van der Waals surface area contributed by atoms with Gasteiger partial charge in [0.25, 0.3) is 0 Å². The lowest BCUT2D eigenvalue weighted by Crippen LogP contribution is -2.36. The first-order valence-electron chi connectivity index (χ1n) is 6.90. The Kier molecular flexibility index (Phi) is 6.13. The molecule has 1 amide bonds. The summed E-state index contributed by atoms with van der Waals surface area (Å²) in [5.41, 5.74) is 7.31. The molecule has 0 saturated carbocycles. The first-order chi connectivity index (χ1) is 9.06. The summed E-state index contributed by atoms with van der Waals surface area (Å²) in [6.45, 7) is 6.37. The van der Waals surface area contributed by atoms with Crippen molar-refractivity contribution in [3.8, 4) is 0 Å². The van der Waals surface area contributed by atoms with Gasteiger partial charge in [0.15, 0.2) is 0 Å². The van der Waals surface area contributed by atoms with Gasteiger partial charge in [0.1, 0.15) is 0 Å². The van der Waals surface area contributed by atoms with Gasteiger partial charge in [0.2, 0.25) is 5.91 Å². The maximum atomic E-state index is 11.8. The van der Waals surface area contributed by atoms with Crippen molar-refractivity contribution in [3.63, 3.8) is 0 Å². The molecule has 104 valence electrons. The fourth-order valence-corrected chi connectivity index (χ4v) is 2.17. The van der Waals surface area contributed by atoms with Crippen molar-refractivity contribution >= 4 is 17.7 Å². The van der Waals surface area contributed by atoms with Crippen LogP contribution in [0.5, 0.6) is 0 Å². The number of carbonyl (C=O) groups is 1. The minimum Gasteiger partial charge on any atom is -0.399 e. The molecule has 3 nitrogen and oxygen atoms in total. The molecular weight excluding hydrogens is 236 g/mol. The highest BCUT2D eigenvalue weighted by atomic mass is 16.1. The van der Waals surface area contributed by atoms with E-state index in [1.54, 1.807) is 12.2 Å². The van der Waals surface area contributed by atoms with Crippen LogP contribution in [-0.4, -0.2) is 11.9 Å². The van der Waals surface area contributed by atoms with Crippen LogP contribution in [-0.2, 0) is 4.79 Å². The Morgan fingerprint density at radius 3 is 2.37 bits per heavy atom. The molecular formula is C16H24N2O. The molecule has 1 aromatic rings. The molecule has 0 saturated heterocycles. The van der Waals surface area contributed by atoms with E-state index in [1.165, 1.54) is 0 Å². The average molecular weight is 260 g/mol. The molecule has 1 unspecified atom stereocenters. The van der Waals surface area contributed by atoms with Gasteiger partial charge in [-0.3, -0.25) is 4.79 Å². The summed E-state index contributed by atoms with van der Waals surface area (Å²) in [5.74, 6) is 0.491. The molecule has 3 heteroatoms. The molecule has 3 N–H and O–H groups in total. The molecule has 0 aliphatic heterocycles. The van der Waals surface area contributed by atoms with E-state index in [0.29, 0.717) is 5.92 Å². The van der Waals surface area contributed by atoms with Crippen molar-refractivity contribution in [3.05, 3.63) is 35.9 Å². The third-order valence-corrected chi connectivity index (χ3v) is 3.49. The Labute approximate surface area is 115 Å². The van der Waals surface area contributed by atoms with Crippen molar-refractivity contribution in [2.75, 3.05) is 5.73 Å². The Morgan fingerprint density at radius 2 is 1.84 bits per heavy atom. The minimum atomic E-state index is -0.0452. The zero-order chi connectivity index (χ0) is 14.3. The van der Waals surface area contributed by atoms with Crippen LogP contribution in [0.1, 0.15) is 39.2 Å². The molecule has 1 rings (SSSR count). The zero-order valence-corrected chi connectivity index (χ0v) is 12.0. The van der Waals surface area contributed by atoms with Gasteiger partial charge in [0, 0.05) is 17.8 Å². The van der Waals surface area contributed by atoms with Gasteiger partial charge in [-0.05, 0) is 36.6 Å². The van der Waals surface area contributed by atoms with Crippen LogP contribution < -0.4 is 11.1 Å². The van der Waals surface area contributed by atoms with E-state index in [2.05, 4.69) is 26.1 Å². The van der Waals surface area contributed by atoms with Crippen molar-refractivity contribution in [1.82, 2.24) is 5.32 Å². The van der Waals surface area contributed by atoms with Crippen molar-refractivity contribution < 1.29 is 4.79 Å². The van der Waals surface area contributed by atoms with Crippen LogP contribution in [0.3, 0.4) is 0 Å². The molecule has 1 aromatic carbocycles. The maximum absolute atomic E-state index is 11.8. The van der Waals surface area contributed by atoms with E-state index in [9.17, 15) is 4.79 Å². The number of nitrogens with two attached hydrogens (primary N) is 1. The molecule has 0 fully saturated rings. The fourth-order valence-electron chi connectivity index (χ4n) is 2.17. The number of hydrogen-bond acceptors (Lipinski definition) is 2. The zero-order valence-electron chi connectivity index (χ0n) is 12.0. The lowest BCUT2D eigenvalue weighted by atomic mass is 9.95. The molecule has 19 heavy (non-hydrogen) atoms. The van der Waals surface area contributed by atoms with Gasteiger partial charge in [-0.2, -0.15) is 0 Å². The first-order valence-corrected chi connectivity index (χ1v) is 6.90. The fraction of sp³-hybridized carbons (Fsp3) is 0.438. The molecule has 0 bridgehead atoms. The number of anilines is 1. The third kappa shape index (κ3) is 5.16. The standard InChI is InChI=1S/C16H24N2O/c1-4-14(5-2)12(3)18-16(19)11-8-13-6-9-15(17)10-7-13/h6-12,14H,4-5,17H2,1-3H3,(H,18,19)/b11-8+. The molecule has 0 aliphatic rings. The summed E-state index contributed by atoms with van der Waals surface area (Å²) < 4.78 is 0. The monoisotopic (exact) mass is 260 g/mol. The first kappa shape index (κ1) is 15.3. The summed E-state index contributed by atoms with van der Waals surface area (Å²) >= 11 is 0. The van der Waals surface area contributed by atoms with Crippen LogP contribution in [0.25, 0.3) is 6.08 Å². The van der Waals surface area contributed by atoms with Crippen LogP contribution in [0.4, 0.5) is 5.69 Å². The lowest BCUT2D eigenvalue weighted by Gasteiger charge is -2.21. The van der Waals surface area contributed by atoms with E-state index in [1.807, 2.05) is 24.3 Å². The van der Waals surface area contributed by atoms with Gasteiger partial charge in [-0.1, -0.05) is 38.8 Å². The smallest absolute Gasteiger partial charge is 0.244 e. The Morgan fingerprint density at radius 1 is 1.26 bits per heavy atom. The largest absolute Gasteiger partial charge is 0.399 e. The lowest BCUT2D eigenvalue weighted by molar-refractivity contribution is -0.117. The molecule has 0 aromatic heterocycles. The second-order valence-corrected chi connectivity index (χ2v) is 4.87. The second-order valence-electron chi connectivity index (χ2n) is 4.87. The van der Waals surface area contributed by atoms with Crippen LogP contribution >= 0.6 is 0 Å². The van der Waals surface area contributed by atoms with Crippen molar-refractivity contribution in [2.45, 2.75) is 39.7 Å². The number of nitrogen functional groups attached to an aromatic ring is 1. The van der Waals surface area contributed by atoms with Crippen molar-refractivity contribution in [2.24, 2.45) is 5.92 Å². The maximum Gasteiger partial charge on any atom is 0.244 e. The number of carbonyl (C=O) groups excluding carboxylic acids is 1. The highest BCUT2D eigenvalue weighted by molar-refractivity contribution is 5.91. The van der Waals surface area contributed by atoms with Crippen LogP contribution in [0.2, 0.25) is 0 Å². The highest BCUT2D eigenvalue weighted by Gasteiger charge is 2.14. The molecule has 0 aliphatic carbocycles. The van der Waals surface area contributed by atoms with Gasteiger partial charge < -0.3 is 11.1 Å². The Balaban J connectivity index is 2.53. The topological polar surface area (TPSA) is 55.1 Å². The quantitative estimate of drug-likeness (QED) is 0.609. The molecule has 0 radical (unpaired) electrons. The van der Waals surface area contributed by atoms with Gasteiger partial charge >= 0.3 is 0 Å². The minimum absolute atomic E-state index is 0.0452. The number of amides is 1. The molecule has 1 atom stereocenters. The Hall–Kier alpha value is -1.77. The summed E-state index contributed by atoms with van der Waals surface area (Å²) in [6, 6.07) is 7.64. The number of benzene rings is 1. The van der Waals surface area contributed by atoms with E-state index < -0.39 is 0 Å². The summed E-state index contributed by atoms with van der Waals surface area (Å²) in [7, 11) is 0. The predicted molar refractivity (Wildman–Crippen MR) is 81.6 cm³/mol. The van der Waals surface area contributed by atoms with Gasteiger partial charge in [-0.25, -0.2) is 0 Å². The predicted octanol–water partition coefficient (Wildman–Crippen LogP) is 3.22. The van der Waals surface area contributed by atoms with Gasteiger partial charge in [0.05, 0.1) is 0 Å². The number of rotatable bonds is 6. The summed E-state index contributed by atoms with van der Waals surface area (Å²) in [5, 5.41) is 3.01. The number of hydrogen-bond donors (Lipinski definition) is 2. The van der Waals surface area contributed by atoms with Crippen molar-refractivity contribution in [1.29, 1.82) is 0 Å². The van der Waals surface area contributed by atoms with E-state index in [-0.39, 0.29) is 11.9 Å². The average Bonchev–Trinajstić information content (AvgIpc) is 2.39. The van der Waals surface area contributed by atoms with E-state index >= 15 is 0 Å². The highest BCUT2D eigenvalue weighted by Crippen LogP contribution is 2.12. The number of nitrogens with one attached hydrogen (secondary N) is 1. The van der Waals surface area contributed by atoms with Gasteiger partial charge in [-0.15, -0.1) is 0 Å². The van der Waals surface area contributed by atoms with Crippen LogP contribution in [0.15, 0.2) is 30.3 Å². The normalized spacial score (nSPS) is 12.8. The SMILES string of the molecule is CCC(CC)C(C)NC(=O)/C=C/c1ccc(N)cc1.